The van der Waals surface area contributed by atoms with Crippen molar-refractivity contribution in [3.8, 4) is 17.7 Å². The van der Waals surface area contributed by atoms with E-state index in [2.05, 4.69) is 4.98 Å². The third-order valence-electron chi connectivity index (χ3n) is 2.41. The minimum atomic E-state index is -0.479. The van der Waals surface area contributed by atoms with Crippen molar-refractivity contribution in [3.63, 3.8) is 0 Å². The van der Waals surface area contributed by atoms with E-state index in [9.17, 15) is 4.39 Å². The second-order valence-electron chi connectivity index (χ2n) is 3.95. The molecule has 2 aromatic rings. The van der Waals surface area contributed by atoms with Crippen molar-refractivity contribution in [1.29, 1.82) is 5.26 Å². The van der Waals surface area contributed by atoms with E-state index in [1.807, 2.05) is 13.0 Å². The average molecular weight is 242 g/mol. The number of aryl methyl sites for hydroxylation is 2. The molecule has 0 spiro atoms. The van der Waals surface area contributed by atoms with Crippen molar-refractivity contribution < 1.29 is 9.13 Å². The van der Waals surface area contributed by atoms with Gasteiger partial charge in [-0.25, -0.2) is 9.37 Å². The molecule has 0 amide bonds. The quantitative estimate of drug-likeness (QED) is 0.809. The Morgan fingerprint density at radius 1 is 1.22 bits per heavy atom. The van der Waals surface area contributed by atoms with Crippen molar-refractivity contribution >= 4 is 0 Å². The van der Waals surface area contributed by atoms with Crippen molar-refractivity contribution in [2.24, 2.45) is 0 Å². The van der Waals surface area contributed by atoms with Crippen LogP contribution in [0.25, 0.3) is 0 Å². The molecule has 0 N–H and O–H groups in total. The molecule has 3 nitrogen and oxygen atoms in total. The number of pyridine rings is 1. The predicted octanol–water partition coefficient (Wildman–Crippen LogP) is 3.50. The fourth-order valence-electron chi connectivity index (χ4n) is 1.49. The van der Waals surface area contributed by atoms with Gasteiger partial charge in [0.2, 0.25) is 5.88 Å². The van der Waals surface area contributed by atoms with E-state index in [-0.39, 0.29) is 17.2 Å². The maximum atomic E-state index is 13.6. The lowest BCUT2D eigenvalue weighted by Crippen LogP contribution is -1.96. The van der Waals surface area contributed by atoms with Crippen LogP contribution in [0.15, 0.2) is 30.3 Å². The van der Waals surface area contributed by atoms with Crippen LogP contribution in [0.3, 0.4) is 0 Å². The Hall–Kier alpha value is -2.41. The molecular weight excluding hydrogens is 231 g/mol. The van der Waals surface area contributed by atoms with Gasteiger partial charge in [0, 0.05) is 5.69 Å². The first-order valence-electron chi connectivity index (χ1n) is 5.42. The number of halogens is 1. The molecule has 1 heterocycles. The summed E-state index contributed by atoms with van der Waals surface area (Å²) in [7, 11) is 0. The number of nitrogens with zero attached hydrogens (tertiary/aromatic N) is 2. The number of rotatable bonds is 2. The lowest BCUT2D eigenvalue weighted by molar-refractivity contribution is 0.425. The lowest BCUT2D eigenvalue weighted by Gasteiger charge is -2.08. The van der Waals surface area contributed by atoms with Crippen LogP contribution in [-0.2, 0) is 0 Å². The molecule has 90 valence electrons. The standard InChI is InChI=1S/C14H11FN2O/c1-9-3-6-12(15)13(7-9)18-14-11(8-16)5-4-10(2)17-14/h3-7H,1-2H3. The number of hydrogen-bond acceptors (Lipinski definition) is 3. The highest BCUT2D eigenvalue weighted by Gasteiger charge is 2.10. The highest BCUT2D eigenvalue weighted by Crippen LogP contribution is 2.26. The van der Waals surface area contributed by atoms with Crippen molar-refractivity contribution in [2.75, 3.05) is 0 Å². The SMILES string of the molecule is Cc1ccc(F)c(Oc2nc(C)ccc2C#N)c1. The summed E-state index contributed by atoms with van der Waals surface area (Å²) in [6.07, 6.45) is 0. The van der Waals surface area contributed by atoms with E-state index in [1.54, 1.807) is 31.2 Å². The molecule has 0 fully saturated rings. The molecule has 0 bridgehead atoms. The van der Waals surface area contributed by atoms with E-state index >= 15 is 0 Å². The fraction of sp³-hybridized carbons (Fsp3) is 0.143. The van der Waals surface area contributed by atoms with Crippen LogP contribution in [0.4, 0.5) is 4.39 Å². The van der Waals surface area contributed by atoms with Crippen LogP contribution < -0.4 is 4.74 Å². The monoisotopic (exact) mass is 242 g/mol. The molecule has 0 aliphatic carbocycles. The Balaban J connectivity index is 2.43. The Bertz CT molecular complexity index is 632. The van der Waals surface area contributed by atoms with Gasteiger partial charge in [0.15, 0.2) is 11.6 Å². The number of aromatic nitrogens is 1. The molecule has 0 unspecified atom stereocenters. The van der Waals surface area contributed by atoms with Crippen LogP contribution >= 0.6 is 0 Å². The van der Waals surface area contributed by atoms with Gasteiger partial charge in [-0.05, 0) is 43.7 Å². The van der Waals surface area contributed by atoms with Crippen LogP contribution in [0.2, 0.25) is 0 Å². The zero-order valence-electron chi connectivity index (χ0n) is 10.1. The summed E-state index contributed by atoms with van der Waals surface area (Å²) < 4.78 is 18.9. The summed E-state index contributed by atoms with van der Waals surface area (Å²) in [5, 5.41) is 8.95. The smallest absolute Gasteiger partial charge is 0.237 e. The molecule has 0 aliphatic heterocycles. The minimum Gasteiger partial charge on any atom is -0.435 e. The molecule has 1 aromatic heterocycles. The topological polar surface area (TPSA) is 45.9 Å². The van der Waals surface area contributed by atoms with Crippen molar-refractivity contribution in [1.82, 2.24) is 4.98 Å². The minimum absolute atomic E-state index is 0.0737. The average Bonchev–Trinajstić information content (AvgIpc) is 2.34. The summed E-state index contributed by atoms with van der Waals surface area (Å²) in [6, 6.07) is 9.82. The molecule has 0 radical (unpaired) electrons. The van der Waals surface area contributed by atoms with Crippen LogP contribution in [0.1, 0.15) is 16.8 Å². The summed E-state index contributed by atoms with van der Waals surface area (Å²) in [4.78, 5) is 4.10. The van der Waals surface area contributed by atoms with Gasteiger partial charge in [0.25, 0.3) is 0 Å². The van der Waals surface area contributed by atoms with E-state index in [4.69, 9.17) is 10.00 Å². The molecule has 18 heavy (non-hydrogen) atoms. The number of benzene rings is 1. The number of hydrogen-bond donors (Lipinski definition) is 0. The third kappa shape index (κ3) is 2.46. The van der Waals surface area contributed by atoms with Gasteiger partial charge in [-0.3, -0.25) is 0 Å². The second-order valence-corrected chi connectivity index (χ2v) is 3.95. The van der Waals surface area contributed by atoms with Crippen molar-refractivity contribution in [2.45, 2.75) is 13.8 Å². The number of ether oxygens (including phenoxy) is 1. The van der Waals surface area contributed by atoms with Crippen LogP contribution in [0.5, 0.6) is 11.6 Å². The van der Waals surface area contributed by atoms with E-state index < -0.39 is 5.82 Å². The van der Waals surface area contributed by atoms with Crippen LogP contribution in [-0.4, -0.2) is 4.98 Å². The zero-order chi connectivity index (χ0) is 13.1. The van der Waals surface area contributed by atoms with Gasteiger partial charge in [0.1, 0.15) is 11.6 Å². The highest BCUT2D eigenvalue weighted by atomic mass is 19.1. The molecule has 0 saturated carbocycles. The van der Waals surface area contributed by atoms with Crippen LogP contribution in [0, 0.1) is 31.0 Å². The Morgan fingerprint density at radius 2 is 2.00 bits per heavy atom. The first kappa shape index (κ1) is 12.1. The Labute approximate surface area is 104 Å². The van der Waals surface area contributed by atoms with Gasteiger partial charge in [0.05, 0.1) is 0 Å². The molecule has 1 aromatic carbocycles. The lowest BCUT2D eigenvalue weighted by atomic mass is 10.2. The molecule has 0 saturated heterocycles. The van der Waals surface area contributed by atoms with Gasteiger partial charge in [-0.2, -0.15) is 5.26 Å². The molecule has 0 atom stereocenters. The van der Waals surface area contributed by atoms with Gasteiger partial charge in [-0.15, -0.1) is 0 Å². The van der Waals surface area contributed by atoms with E-state index in [1.165, 1.54) is 6.07 Å². The molecular formula is C14H11FN2O. The highest BCUT2D eigenvalue weighted by molar-refractivity contribution is 5.42. The maximum absolute atomic E-state index is 13.6. The normalized spacial score (nSPS) is 9.89. The maximum Gasteiger partial charge on any atom is 0.237 e. The largest absolute Gasteiger partial charge is 0.435 e. The Kier molecular flexibility index (Phi) is 3.24. The first-order valence-corrected chi connectivity index (χ1v) is 5.42. The summed E-state index contributed by atoms with van der Waals surface area (Å²) in [5.41, 5.74) is 1.86. The number of nitriles is 1. The van der Waals surface area contributed by atoms with Gasteiger partial charge in [-0.1, -0.05) is 6.07 Å². The summed E-state index contributed by atoms with van der Waals surface area (Å²) in [5.74, 6) is -0.278. The molecule has 2 rings (SSSR count). The van der Waals surface area contributed by atoms with E-state index in [0.29, 0.717) is 5.69 Å². The van der Waals surface area contributed by atoms with E-state index in [0.717, 1.165) is 5.56 Å². The van der Waals surface area contributed by atoms with Gasteiger partial charge >= 0.3 is 0 Å². The Morgan fingerprint density at radius 3 is 2.72 bits per heavy atom. The first-order chi connectivity index (χ1) is 8.60. The summed E-state index contributed by atoms with van der Waals surface area (Å²) in [6.45, 7) is 3.61. The molecule has 4 heteroatoms. The predicted molar refractivity (Wildman–Crippen MR) is 64.9 cm³/mol. The van der Waals surface area contributed by atoms with Gasteiger partial charge < -0.3 is 4.74 Å². The zero-order valence-corrected chi connectivity index (χ0v) is 10.1. The summed E-state index contributed by atoms with van der Waals surface area (Å²) >= 11 is 0. The molecule has 0 aliphatic rings. The third-order valence-corrected chi connectivity index (χ3v) is 2.41. The second kappa shape index (κ2) is 4.84. The fourth-order valence-corrected chi connectivity index (χ4v) is 1.49. The van der Waals surface area contributed by atoms with Crippen molar-refractivity contribution in [3.05, 3.63) is 53.0 Å².